The first-order valence-corrected chi connectivity index (χ1v) is 4.29. The van der Waals surface area contributed by atoms with Crippen molar-refractivity contribution < 1.29 is 0 Å². The Hall–Kier alpha value is -1.53. The summed E-state index contributed by atoms with van der Waals surface area (Å²) in [6, 6.07) is 5.87. The van der Waals surface area contributed by atoms with Crippen LogP contribution >= 0.6 is 0 Å². The van der Waals surface area contributed by atoms with Crippen LogP contribution in [0.4, 0.5) is 11.4 Å². The van der Waals surface area contributed by atoms with Gasteiger partial charge in [-0.05, 0) is 18.1 Å². The van der Waals surface area contributed by atoms with Crippen molar-refractivity contribution in [2.24, 2.45) is 5.73 Å². The lowest BCUT2D eigenvalue weighted by Gasteiger charge is -2.23. The molecule has 0 aromatic heterocycles. The van der Waals surface area contributed by atoms with E-state index in [1.807, 2.05) is 18.2 Å². The van der Waals surface area contributed by atoms with E-state index in [1.54, 1.807) is 0 Å². The quantitative estimate of drug-likeness (QED) is 0.584. The number of nitrogens with zero attached hydrogens (tertiary/aromatic N) is 1. The Morgan fingerprint density at radius 1 is 1.54 bits per heavy atom. The fourth-order valence-corrected chi connectivity index (χ4v) is 1.59. The molecule has 1 aliphatic rings. The fraction of sp³-hybridized carbons (Fsp3) is 0.300. The van der Waals surface area contributed by atoms with Gasteiger partial charge >= 0.3 is 0 Å². The molecule has 66 valence electrons. The number of benzene rings is 1. The summed E-state index contributed by atoms with van der Waals surface area (Å²) in [4.78, 5) is 3.39. The van der Waals surface area contributed by atoms with Gasteiger partial charge in [-0.15, -0.1) is 0 Å². The minimum atomic E-state index is 0.175. The Labute approximate surface area is 77.4 Å². The van der Waals surface area contributed by atoms with Crippen LogP contribution in [0, 0.1) is 6.57 Å². The normalized spacial score (nSPS) is 19.8. The Morgan fingerprint density at radius 2 is 2.38 bits per heavy atom. The van der Waals surface area contributed by atoms with Crippen molar-refractivity contribution in [1.29, 1.82) is 0 Å². The third-order valence-corrected chi connectivity index (χ3v) is 2.25. The number of nitrogens with two attached hydrogens (primary N) is 1. The SMILES string of the molecule is [C-]#[N+]c1ccc2c(c1)C[C@@H](N)CN2. The van der Waals surface area contributed by atoms with Gasteiger partial charge in [0.05, 0.1) is 6.57 Å². The molecule has 1 aromatic carbocycles. The van der Waals surface area contributed by atoms with E-state index in [-0.39, 0.29) is 6.04 Å². The van der Waals surface area contributed by atoms with Crippen LogP contribution < -0.4 is 11.1 Å². The van der Waals surface area contributed by atoms with Gasteiger partial charge in [-0.1, -0.05) is 12.1 Å². The zero-order valence-electron chi connectivity index (χ0n) is 7.25. The molecule has 0 spiro atoms. The van der Waals surface area contributed by atoms with Gasteiger partial charge in [-0.2, -0.15) is 0 Å². The molecule has 0 saturated heterocycles. The predicted octanol–water partition coefficient (Wildman–Crippen LogP) is 1.53. The highest BCUT2D eigenvalue weighted by Gasteiger charge is 2.14. The monoisotopic (exact) mass is 173 g/mol. The van der Waals surface area contributed by atoms with Gasteiger partial charge in [0.25, 0.3) is 0 Å². The van der Waals surface area contributed by atoms with Gasteiger partial charge in [0.2, 0.25) is 0 Å². The highest BCUT2D eigenvalue weighted by molar-refractivity contribution is 5.61. The topological polar surface area (TPSA) is 42.4 Å². The van der Waals surface area contributed by atoms with Crippen LogP contribution in [0.5, 0.6) is 0 Å². The van der Waals surface area contributed by atoms with E-state index < -0.39 is 0 Å². The minimum absolute atomic E-state index is 0.175. The third kappa shape index (κ3) is 1.49. The second kappa shape index (κ2) is 3.08. The van der Waals surface area contributed by atoms with Crippen LogP contribution in [0.2, 0.25) is 0 Å². The van der Waals surface area contributed by atoms with Crippen LogP contribution in [-0.2, 0) is 6.42 Å². The van der Waals surface area contributed by atoms with Gasteiger partial charge in [0.1, 0.15) is 0 Å². The van der Waals surface area contributed by atoms with E-state index in [1.165, 1.54) is 0 Å². The molecule has 3 N–H and O–H groups in total. The summed E-state index contributed by atoms with van der Waals surface area (Å²) in [7, 11) is 0. The summed E-state index contributed by atoms with van der Waals surface area (Å²) in [5, 5.41) is 3.24. The summed E-state index contributed by atoms with van der Waals surface area (Å²) in [6.07, 6.45) is 0.867. The maximum absolute atomic E-state index is 6.88. The molecule has 13 heavy (non-hydrogen) atoms. The van der Waals surface area contributed by atoms with Crippen LogP contribution in [0.15, 0.2) is 18.2 Å². The van der Waals surface area contributed by atoms with Crippen molar-refractivity contribution in [2.45, 2.75) is 12.5 Å². The molecule has 0 amide bonds. The van der Waals surface area contributed by atoms with Gasteiger partial charge in [-0.25, -0.2) is 4.85 Å². The fourth-order valence-electron chi connectivity index (χ4n) is 1.59. The first-order valence-electron chi connectivity index (χ1n) is 4.29. The summed E-state index contributed by atoms with van der Waals surface area (Å²) in [5.74, 6) is 0. The lowest BCUT2D eigenvalue weighted by atomic mass is 10.00. The molecule has 3 heteroatoms. The molecule has 0 bridgehead atoms. The smallest absolute Gasteiger partial charge is 0.187 e. The molecule has 2 rings (SSSR count). The molecule has 1 aliphatic heterocycles. The summed E-state index contributed by atoms with van der Waals surface area (Å²) in [6.45, 7) is 7.71. The van der Waals surface area contributed by atoms with Crippen molar-refractivity contribution in [3.8, 4) is 0 Å². The van der Waals surface area contributed by atoms with Crippen LogP contribution in [0.1, 0.15) is 5.56 Å². The Kier molecular flexibility index (Phi) is 1.91. The first kappa shape index (κ1) is 8.09. The van der Waals surface area contributed by atoms with E-state index >= 15 is 0 Å². The van der Waals surface area contributed by atoms with Gasteiger partial charge in [0, 0.05) is 18.3 Å². The van der Waals surface area contributed by atoms with Crippen molar-refractivity contribution in [3.05, 3.63) is 35.2 Å². The summed E-state index contributed by atoms with van der Waals surface area (Å²) >= 11 is 0. The Balaban J connectivity index is 2.39. The summed E-state index contributed by atoms with van der Waals surface area (Å²) in [5.41, 5.74) is 8.77. The molecule has 0 fully saturated rings. The zero-order chi connectivity index (χ0) is 9.26. The van der Waals surface area contributed by atoms with Gasteiger partial charge in [0.15, 0.2) is 5.69 Å². The molecule has 0 saturated carbocycles. The van der Waals surface area contributed by atoms with E-state index in [2.05, 4.69) is 10.2 Å². The standard InChI is InChI=1S/C10H11N3/c1-12-9-2-3-10-7(5-9)4-8(11)6-13-10/h2-3,5,8,13H,4,6,11H2/t8-/m1/s1. The molecule has 1 aromatic rings. The van der Waals surface area contributed by atoms with Crippen molar-refractivity contribution >= 4 is 11.4 Å². The average molecular weight is 173 g/mol. The highest BCUT2D eigenvalue weighted by Crippen LogP contribution is 2.25. The summed E-state index contributed by atoms with van der Waals surface area (Å²) < 4.78 is 0. The van der Waals surface area contributed by atoms with Crippen molar-refractivity contribution in [1.82, 2.24) is 0 Å². The van der Waals surface area contributed by atoms with E-state index in [9.17, 15) is 0 Å². The number of fused-ring (bicyclic) bond motifs is 1. The highest BCUT2D eigenvalue weighted by atomic mass is 14.9. The number of hydrogen-bond donors (Lipinski definition) is 2. The average Bonchev–Trinajstić information content (AvgIpc) is 2.16. The number of nitrogens with one attached hydrogen (secondary N) is 1. The lowest BCUT2D eigenvalue weighted by molar-refractivity contribution is 0.680. The number of anilines is 1. The second-order valence-corrected chi connectivity index (χ2v) is 3.30. The molecule has 1 heterocycles. The Morgan fingerprint density at radius 3 is 3.15 bits per heavy atom. The molecular weight excluding hydrogens is 162 g/mol. The largest absolute Gasteiger partial charge is 0.383 e. The number of hydrogen-bond acceptors (Lipinski definition) is 2. The maximum Gasteiger partial charge on any atom is 0.187 e. The van der Waals surface area contributed by atoms with Gasteiger partial charge in [-0.3, -0.25) is 0 Å². The molecular formula is C10H11N3. The van der Waals surface area contributed by atoms with Crippen molar-refractivity contribution in [2.75, 3.05) is 11.9 Å². The van der Waals surface area contributed by atoms with E-state index in [0.717, 1.165) is 24.2 Å². The zero-order valence-corrected chi connectivity index (χ0v) is 7.25. The number of rotatable bonds is 0. The first-order chi connectivity index (χ1) is 6.29. The van der Waals surface area contributed by atoms with Crippen LogP contribution in [0.3, 0.4) is 0 Å². The lowest BCUT2D eigenvalue weighted by Crippen LogP contribution is -2.35. The second-order valence-electron chi connectivity index (χ2n) is 3.30. The molecule has 1 atom stereocenters. The molecule has 0 unspecified atom stereocenters. The van der Waals surface area contributed by atoms with E-state index in [4.69, 9.17) is 12.3 Å². The van der Waals surface area contributed by atoms with Crippen LogP contribution in [-0.4, -0.2) is 12.6 Å². The van der Waals surface area contributed by atoms with Crippen LogP contribution in [0.25, 0.3) is 4.85 Å². The maximum atomic E-state index is 6.88. The van der Waals surface area contributed by atoms with Crippen molar-refractivity contribution in [3.63, 3.8) is 0 Å². The molecule has 0 aliphatic carbocycles. The molecule has 0 radical (unpaired) electrons. The van der Waals surface area contributed by atoms with E-state index in [0.29, 0.717) is 5.69 Å². The Bertz CT molecular complexity index is 365. The minimum Gasteiger partial charge on any atom is -0.383 e. The predicted molar refractivity (Wildman–Crippen MR) is 52.9 cm³/mol. The van der Waals surface area contributed by atoms with Gasteiger partial charge < -0.3 is 11.1 Å². The molecule has 3 nitrogen and oxygen atoms in total. The third-order valence-electron chi connectivity index (χ3n) is 2.25.